The Balaban J connectivity index is 0. The molecule has 3 nitrogen and oxygen atoms in total. The van der Waals surface area contributed by atoms with Gasteiger partial charge in [-0.25, -0.2) is 0 Å². The van der Waals surface area contributed by atoms with Crippen LogP contribution in [0.15, 0.2) is 66.7 Å². The molecule has 8 heteroatoms. The second-order valence-electron chi connectivity index (χ2n) is 4.74. The highest BCUT2D eigenvalue weighted by molar-refractivity contribution is 6.35. The summed E-state index contributed by atoms with van der Waals surface area (Å²) in [7, 11) is 0. The predicted molar refractivity (Wildman–Crippen MR) is 122 cm³/mol. The number of rotatable bonds is 0. The maximum absolute atomic E-state index is 5.60. The number of hydrogen-bond donors (Lipinski definition) is 3. The first kappa shape index (κ1) is 24.5. The zero-order valence-corrected chi connectivity index (χ0v) is 17.3. The van der Waals surface area contributed by atoms with Crippen LogP contribution in [0.1, 0.15) is 1.43 Å². The summed E-state index contributed by atoms with van der Waals surface area (Å²) in [5.74, 6) is 0. The summed E-state index contributed by atoms with van der Waals surface area (Å²) >= 11 is 22.3. The monoisotopic (exact) mass is 453 g/mol. The van der Waals surface area contributed by atoms with Gasteiger partial charge in [-0.05, 0) is 48.5 Å². The SMILES string of the molecule is Cl.Nc1cc(Cl)ccc1Cl.Nc1cccc(Cl)c1.Nc1ccccc1Cl.[HH]. The van der Waals surface area contributed by atoms with Gasteiger partial charge in [0.25, 0.3) is 0 Å². The smallest absolute Gasteiger partial charge is 0.0636 e. The van der Waals surface area contributed by atoms with Gasteiger partial charge in [0.05, 0.1) is 21.4 Å². The maximum Gasteiger partial charge on any atom is 0.0636 e. The van der Waals surface area contributed by atoms with Crippen molar-refractivity contribution in [3.05, 3.63) is 86.8 Å². The molecular formula is C18H20Cl5N3. The number of nitrogens with two attached hydrogens (primary N) is 3. The molecule has 0 atom stereocenters. The third-order valence-corrected chi connectivity index (χ3v) is 3.87. The van der Waals surface area contributed by atoms with Crippen LogP contribution in [0.25, 0.3) is 0 Å². The molecule has 0 aliphatic rings. The quantitative estimate of drug-likeness (QED) is 0.317. The highest BCUT2D eigenvalue weighted by Crippen LogP contribution is 2.21. The van der Waals surface area contributed by atoms with Gasteiger partial charge in [0.15, 0.2) is 0 Å². The van der Waals surface area contributed by atoms with Crippen LogP contribution in [0.5, 0.6) is 0 Å². The third kappa shape index (κ3) is 9.85. The zero-order valence-electron chi connectivity index (χ0n) is 13.5. The molecule has 0 saturated carbocycles. The van der Waals surface area contributed by atoms with Crippen LogP contribution < -0.4 is 17.2 Å². The predicted octanol–water partition coefficient (Wildman–Crippen LogP) is 7.09. The Morgan fingerprint density at radius 2 is 1.15 bits per heavy atom. The minimum Gasteiger partial charge on any atom is -0.399 e. The first-order chi connectivity index (χ1) is 11.8. The lowest BCUT2D eigenvalue weighted by molar-refractivity contribution is 1.68. The highest BCUT2D eigenvalue weighted by atomic mass is 35.5. The molecule has 0 heterocycles. The molecule has 0 aliphatic heterocycles. The van der Waals surface area contributed by atoms with Crippen molar-refractivity contribution in [2.24, 2.45) is 0 Å². The van der Waals surface area contributed by atoms with Crippen molar-refractivity contribution in [1.82, 2.24) is 0 Å². The van der Waals surface area contributed by atoms with Gasteiger partial charge in [0.1, 0.15) is 0 Å². The molecule has 0 bridgehead atoms. The Hall–Kier alpha value is -1.49. The molecule has 3 rings (SSSR count). The highest BCUT2D eigenvalue weighted by Gasteiger charge is 1.93. The number of para-hydroxylation sites is 1. The van der Waals surface area contributed by atoms with Crippen molar-refractivity contribution in [3.8, 4) is 0 Å². The molecule has 0 aromatic heterocycles. The number of anilines is 3. The lowest BCUT2D eigenvalue weighted by Crippen LogP contribution is -1.83. The van der Waals surface area contributed by atoms with Crippen LogP contribution in [-0.2, 0) is 0 Å². The van der Waals surface area contributed by atoms with E-state index in [0.717, 1.165) is 0 Å². The zero-order chi connectivity index (χ0) is 18.8. The summed E-state index contributed by atoms with van der Waals surface area (Å²) in [5.41, 5.74) is 18.0. The summed E-state index contributed by atoms with van der Waals surface area (Å²) in [6.45, 7) is 0. The Labute approximate surface area is 180 Å². The van der Waals surface area contributed by atoms with Crippen molar-refractivity contribution < 1.29 is 1.43 Å². The normalized spacial score (nSPS) is 8.92. The van der Waals surface area contributed by atoms with Crippen molar-refractivity contribution in [2.45, 2.75) is 0 Å². The summed E-state index contributed by atoms with van der Waals surface area (Å²) in [6, 6.07) is 19.3. The van der Waals surface area contributed by atoms with Crippen LogP contribution in [0.4, 0.5) is 17.1 Å². The summed E-state index contributed by atoms with van der Waals surface area (Å²) < 4.78 is 0. The number of halogens is 5. The molecule has 0 saturated heterocycles. The first-order valence-electron chi connectivity index (χ1n) is 7.01. The Morgan fingerprint density at radius 3 is 1.54 bits per heavy atom. The van der Waals surface area contributed by atoms with Gasteiger partial charge < -0.3 is 17.2 Å². The van der Waals surface area contributed by atoms with Gasteiger partial charge in [-0.3, -0.25) is 0 Å². The van der Waals surface area contributed by atoms with Crippen LogP contribution in [0.2, 0.25) is 20.1 Å². The van der Waals surface area contributed by atoms with Crippen molar-refractivity contribution in [2.75, 3.05) is 17.2 Å². The molecular weight excluding hydrogens is 435 g/mol. The lowest BCUT2D eigenvalue weighted by atomic mass is 10.3. The van der Waals surface area contributed by atoms with E-state index in [1.54, 1.807) is 48.5 Å². The van der Waals surface area contributed by atoms with E-state index in [4.69, 9.17) is 63.6 Å². The van der Waals surface area contributed by atoms with Crippen LogP contribution in [0.3, 0.4) is 0 Å². The van der Waals surface area contributed by atoms with Crippen molar-refractivity contribution in [3.63, 3.8) is 0 Å². The molecule has 142 valence electrons. The summed E-state index contributed by atoms with van der Waals surface area (Å²) in [5, 5.41) is 2.45. The van der Waals surface area contributed by atoms with Crippen LogP contribution in [-0.4, -0.2) is 0 Å². The van der Waals surface area contributed by atoms with E-state index in [9.17, 15) is 0 Å². The third-order valence-electron chi connectivity index (χ3n) is 2.71. The average molecular weight is 456 g/mol. The molecule has 6 N–H and O–H groups in total. The summed E-state index contributed by atoms with van der Waals surface area (Å²) in [4.78, 5) is 0. The van der Waals surface area contributed by atoms with E-state index in [1.165, 1.54) is 0 Å². The van der Waals surface area contributed by atoms with Gasteiger partial charge in [-0.15, -0.1) is 12.4 Å². The van der Waals surface area contributed by atoms with E-state index in [-0.39, 0.29) is 13.8 Å². The fourth-order valence-corrected chi connectivity index (χ4v) is 2.13. The summed E-state index contributed by atoms with van der Waals surface area (Å²) in [6.07, 6.45) is 0. The Morgan fingerprint density at radius 1 is 0.577 bits per heavy atom. The molecule has 0 radical (unpaired) electrons. The molecule has 3 aromatic carbocycles. The van der Waals surface area contributed by atoms with Crippen LogP contribution >= 0.6 is 58.8 Å². The second-order valence-corrected chi connectivity index (χ2v) is 6.43. The van der Waals surface area contributed by atoms with E-state index < -0.39 is 0 Å². The second kappa shape index (κ2) is 12.8. The standard InChI is InChI=1S/C6H5Cl2N.2C6H6ClN.ClH.H2/c7-4-1-2-5(8)6(9)3-4;7-5-2-1-3-6(8)4-5;7-5-3-1-2-4-6(5)8;;/h1-3H,9H2;2*1-4H,8H2;2*1H. The molecule has 3 aromatic rings. The minimum absolute atomic E-state index is 0. The van der Waals surface area contributed by atoms with Gasteiger partial charge in [0.2, 0.25) is 0 Å². The Bertz CT molecular complexity index is 780. The van der Waals surface area contributed by atoms with E-state index in [2.05, 4.69) is 0 Å². The Kier molecular flexibility index (Phi) is 12.1. The molecule has 0 unspecified atom stereocenters. The molecule has 0 amide bonds. The number of hydrogen-bond acceptors (Lipinski definition) is 3. The topological polar surface area (TPSA) is 78.1 Å². The first-order valence-corrected chi connectivity index (χ1v) is 8.52. The number of nitrogen functional groups attached to an aromatic ring is 3. The fraction of sp³-hybridized carbons (Fsp3) is 0. The van der Waals surface area contributed by atoms with Crippen molar-refractivity contribution in [1.29, 1.82) is 0 Å². The average Bonchev–Trinajstić information content (AvgIpc) is 2.55. The fourth-order valence-electron chi connectivity index (χ4n) is 1.50. The van der Waals surface area contributed by atoms with E-state index in [1.807, 2.05) is 18.2 Å². The van der Waals surface area contributed by atoms with Gasteiger partial charge in [0, 0.05) is 17.2 Å². The molecule has 0 aliphatic carbocycles. The van der Waals surface area contributed by atoms with Gasteiger partial charge in [-0.1, -0.05) is 64.6 Å². The lowest BCUT2D eigenvalue weighted by Gasteiger charge is -1.95. The minimum atomic E-state index is 0. The van der Waals surface area contributed by atoms with Gasteiger partial charge in [-0.2, -0.15) is 0 Å². The largest absolute Gasteiger partial charge is 0.399 e. The van der Waals surface area contributed by atoms with Crippen LogP contribution in [0, 0.1) is 0 Å². The molecule has 26 heavy (non-hydrogen) atoms. The van der Waals surface area contributed by atoms with Crippen molar-refractivity contribution >= 4 is 75.9 Å². The molecule has 0 spiro atoms. The molecule has 0 fully saturated rings. The van der Waals surface area contributed by atoms with E-state index in [0.29, 0.717) is 37.2 Å². The number of benzene rings is 3. The van der Waals surface area contributed by atoms with Gasteiger partial charge >= 0.3 is 0 Å². The van der Waals surface area contributed by atoms with E-state index >= 15 is 0 Å². The maximum atomic E-state index is 5.60.